The molecule has 0 aromatic carbocycles. The zero-order chi connectivity index (χ0) is 16.0. The van der Waals surface area contributed by atoms with E-state index in [2.05, 4.69) is 10.1 Å². The van der Waals surface area contributed by atoms with Crippen LogP contribution in [0, 0.1) is 5.92 Å². The van der Waals surface area contributed by atoms with Crippen molar-refractivity contribution in [2.45, 2.75) is 51.6 Å². The zero-order valence-electron chi connectivity index (χ0n) is 12.8. The average Bonchev–Trinajstić information content (AvgIpc) is 3.23. The Balaban J connectivity index is 2.56. The number of carbonyl (C=O) groups is 3. The van der Waals surface area contributed by atoms with Crippen LogP contribution in [0.4, 0.5) is 4.79 Å². The highest BCUT2D eigenvalue weighted by molar-refractivity contribution is 5.83. The van der Waals surface area contributed by atoms with E-state index in [0.717, 1.165) is 12.8 Å². The maximum atomic E-state index is 12.2. The molecule has 1 saturated carbocycles. The molecule has 1 atom stereocenters. The molecule has 7 heteroatoms. The number of ether oxygens (including phenoxy) is 1. The third-order valence-electron chi connectivity index (χ3n) is 3.50. The Morgan fingerprint density at radius 2 is 1.95 bits per heavy atom. The molecular formula is C14H24N2O5. The van der Waals surface area contributed by atoms with Crippen molar-refractivity contribution in [1.29, 1.82) is 0 Å². The fraction of sp³-hybridized carbons (Fsp3) is 0.786. The standard InChI is InChI=1S/C14H24N2O5/c1-9(2)16(8-10-4-5-10)14(20)15-11(13(18)19)6-7-12(17)21-3/h9-11H,4-8H2,1-3H3,(H,15,20)(H,18,19)/t11-/m1/s1. The Hall–Kier alpha value is -1.79. The van der Waals surface area contributed by atoms with Gasteiger partial charge >= 0.3 is 18.0 Å². The van der Waals surface area contributed by atoms with Gasteiger partial charge in [0.05, 0.1) is 7.11 Å². The minimum atomic E-state index is -1.15. The van der Waals surface area contributed by atoms with Crippen LogP contribution < -0.4 is 5.32 Å². The number of urea groups is 1. The van der Waals surface area contributed by atoms with Crippen LogP contribution in [0.3, 0.4) is 0 Å². The van der Waals surface area contributed by atoms with Gasteiger partial charge in [0.2, 0.25) is 0 Å². The molecule has 0 radical (unpaired) electrons. The Morgan fingerprint density at radius 1 is 1.33 bits per heavy atom. The highest BCUT2D eigenvalue weighted by Crippen LogP contribution is 2.30. The van der Waals surface area contributed by atoms with Crippen LogP contribution in [0.15, 0.2) is 0 Å². The molecule has 1 aliphatic rings. The third-order valence-corrected chi connectivity index (χ3v) is 3.50. The summed E-state index contributed by atoms with van der Waals surface area (Å²) in [5.41, 5.74) is 0. The number of rotatable bonds is 8. The average molecular weight is 300 g/mol. The molecule has 2 N–H and O–H groups in total. The number of amides is 2. The molecule has 0 aromatic rings. The number of esters is 1. The molecule has 0 bridgehead atoms. The fourth-order valence-electron chi connectivity index (χ4n) is 1.96. The SMILES string of the molecule is COC(=O)CC[C@@H](NC(=O)N(CC1CC1)C(C)C)C(=O)O. The van der Waals surface area contributed by atoms with Crippen LogP contribution in [0.2, 0.25) is 0 Å². The van der Waals surface area contributed by atoms with E-state index in [-0.39, 0.29) is 18.9 Å². The van der Waals surface area contributed by atoms with Crippen LogP contribution in [-0.2, 0) is 14.3 Å². The van der Waals surface area contributed by atoms with Crippen molar-refractivity contribution < 1.29 is 24.2 Å². The van der Waals surface area contributed by atoms with Crippen molar-refractivity contribution in [2.75, 3.05) is 13.7 Å². The molecule has 1 fully saturated rings. The van der Waals surface area contributed by atoms with Gasteiger partial charge in [-0.3, -0.25) is 4.79 Å². The number of methoxy groups -OCH3 is 1. The Labute approximate surface area is 124 Å². The normalized spacial score (nSPS) is 15.4. The smallest absolute Gasteiger partial charge is 0.326 e. The van der Waals surface area contributed by atoms with E-state index in [4.69, 9.17) is 5.11 Å². The number of nitrogens with one attached hydrogen (secondary N) is 1. The second kappa shape index (κ2) is 7.85. The molecule has 2 amide bonds. The molecular weight excluding hydrogens is 276 g/mol. The Kier molecular flexibility index (Phi) is 6.45. The molecule has 21 heavy (non-hydrogen) atoms. The summed E-state index contributed by atoms with van der Waals surface area (Å²) in [4.78, 5) is 36.1. The molecule has 0 aliphatic heterocycles. The second-order valence-electron chi connectivity index (χ2n) is 5.64. The molecule has 0 aromatic heterocycles. The largest absolute Gasteiger partial charge is 0.480 e. The third kappa shape index (κ3) is 6.01. The van der Waals surface area contributed by atoms with Gasteiger partial charge in [0, 0.05) is 19.0 Å². The van der Waals surface area contributed by atoms with Gasteiger partial charge in [-0.25, -0.2) is 9.59 Å². The van der Waals surface area contributed by atoms with E-state index in [1.807, 2.05) is 13.8 Å². The molecule has 120 valence electrons. The highest BCUT2D eigenvalue weighted by atomic mass is 16.5. The summed E-state index contributed by atoms with van der Waals surface area (Å²) in [5.74, 6) is -1.12. The molecule has 0 heterocycles. The number of aliphatic carboxylic acids is 1. The van der Waals surface area contributed by atoms with Gasteiger partial charge in [0.25, 0.3) is 0 Å². The van der Waals surface area contributed by atoms with E-state index < -0.39 is 24.0 Å². The molecule has 0 saturated heterocycles. The summed E-state index contributed by atoms with van der Waals surface area (Å²) in [6, 6.07) is -1.48. The van der Waals surface area contributed by atoms with Crippen molar-refractivity contribution in [3.05, 3.63) is 0 Å². The summed E-state index contributed by atoms with van der Waals surface area (Å²) in [6.07, 6.45) is 2.20. The number of carboxylic acid groups (broad SMARTS) is 1. The number of hydrogen-bond acceptors (Lipinski definition) is 4. The fourth-order valence-corrected chi connectivity index (χ4v) is 1.96. The van der Waals surface area contributed by atoms with E-state index in [1.165, 1.54) is 7.11 Å². The summed E-state index contributed by atoms with van der Waals surface area (Å²) < 4.78 is 4.48. The first-order valence-electron chi connectivity index (χ1n) is 7.21. The quantitative estimate of drug-likeness (QED) is 0.657. The van der Waals surface area contributed by atoms with Gasteiger partial charge in [-0.2, -0.15) is 0 Å². The van der Waals surface area contributed by atoms with Crippen molar-refractivity contribution in [1.82, 2.24) is 10.2 Å². The van der Waals surface area contributed by atoms with Crippen molar-refractivity contribution in [3.63, 3.8) is 0 Å². The van der Waals surface area contributed by atoms with Gasteiger partial charge in [-0.05, 0) is 39.0 Å². The van der Waals surface area contributed by atoms with Gasteiger partial charge in [0.15, 0.2) is 0 Å². The van der Waals surface area contributed by atoms with Crippen molar-refractivity contribution in [2.24, 2.45) is 5.92 Å². The Bertz CT molecular complexity index is 393. The molecule has 7 nitrogen and oxygen atoms in total. The van der Waals surface area contributed by atoms with E-state index in [9.17, 15) is 14.4 Å². The number of hydrogen-bond donors (Lipinski definition) is 2. The molecule has 0 spiro atoms. The number of carboxylic acids is 1. The van der Waals surface area contributed by atoms with Crippen molar-refractivity contribution in [3.8, 4) is 0 Å². The first kappa shape index (κ1) is 17.3. The summed E-state index contributed by atoms with van der Waals surface area (Å²) in [7, 11) is 1.24. The lowest BCUT2D eigenvalue weighted by molar-refractivity contribution is -0.142. The summed E-state index contributed by atoms with van der Waals surface area (Å²) in [5, 5.41) is 11.6. The van der Waals surface area contributed by atoms with E-state index in [0.29, 0.717) is 12.5 Å². The van der Waals surface area contributed by atoms with Crippen LogP contribution >= 0.6 is 0 Å². The van der Waals surface area contributed by atoms with Crippen molar-refractivity contribution >= 4 is 18.0 Å². The maximum absolute atomic E-state index is 12.2. The lowest BCUT2D eigenvalue weighted by Crippen LogP contribution is -2.50. The minimum Gasteiger partial charge on any atom is -0.480 e. The molecule has 0 unspecified atom stereocenters. The first-order valence-corrected chi connectivity index (χ1v) is 7.21. The zero-order valence-corrected chi connectivity index (χ0v) is 12.8. The van der Waals surface area contributed by atoms with E-state index in [1.54, 1.807) is 4.90 Å². The lowest BCUT2D eigenvalue weighted by Gasteiger charge is -2.28. The maximum Gasteiger partial charge on any atom is 0.326 e. The number of nitrogens with zero attached hydrogens (tertiary/aromatic N) is 1. The van der Waals surface area contributed by atoms with Gasteiger partial charge in [0.1, 0.15) is 6.04 Å². The summed E-state index contributed by atoms with van der Waals surface area (Å²) in [6.45, 7) is 4.44. The monoisotopic (exact) mass is 300 g/mol. The molecule has 1 aliphatic carbocycles. The van der Waals surface area contributed by atoms with E-state index >= 15 is 0 Å². The van der Waals surface area contributed by atoms with Gasteiger partial charge < -0.3 is 20.1 Å². The van der Waals surface area contributed by atoms with Crippen LogP contribution in [-0.4, -0.2) is 53.7 Å². The lowest BCUT2D eigenvalue weighted by atomic mass is 10.1. The Morgan fingerprint density at radius 3 is 2.38 bits per heavy atom. The van der Waals surface area contributed by atoms with Gasteiger partial charge in [-0.15, -0.1) is 0 Å². The predicted molar refractivity (Wildman–Crippen MR) is 75.8 cm³/mol. The van der Waals surface area contributed by atoms with Gasteiger partial charge in [-0.1, -0.05) is 0 Å². The highest BCUT2D eigenvalue weighted by Gasteiger charge is 2.30. The van der Waals surface area contributed by atoms with Crippen LogP contribution in [0.5, 0.6) is 0 Å². The second-order valence-corrected chi connectivity index (χ2v) is 5.64. The van der Waals surface area contributed by atoms with Crippen LogP contribution in [0.1, 0.15) is 39.5 Å². The first-order chi connectivity index (χ1) is 9.85. The predicted octanol–water partition coefficient (Wildman–Crippen LogP) is 1.22. The topological polar surface area (TPSA) is 95.9 Å². The molecule has 1 rings (SSSR count). The number of carbonyl (C=O) groups excluding carboxylic acids is 2. The minimum absolute atomic E-state index is 0.000604. The van der Waals surface area contributed by atoms with Crippen LogP contribution in [0.25, 0.3) is 0 Å². The summed E-state index contributed by atoms with van der Waals surface area (Å²) >= 11 is 0.